The van der Waals surface area contributed by atoms with Crippen molar-refractivity contribution < 1.29 is 24.1 Å². The number of carboxylic acid groups (broad SMARTS) is 1. The van der Waals surface area contributed by atoms with Crippen molar-refractivity contribution in [2.75, 3.05) is 5.75 Å². The minimum Gasteiger partial charge on any atom is -0.477 e. The van der Waals surface area contributed by atoms with Gasteiger partial charge in [-0.2, -0.15) is 0 Å². The number of aromatic nitrogens is 1. The molecule has 0 saturated carbocycles. The Labute approximate surface area is 219 Å². The largest absolute Gasteiger partial charge is 0.477 e. The SMILES string of the molecule is O=C(Cc1ccccc1)NC1C(=O)N2C(C(=O)O)=C(C=Cc3ccc(C[n+]4ccccc4)cc3)CSC12. The number of fused-ring (bicyclic) bond motifs is 1. The van der Waals surface area contributed by atoms with Crippen LogP contribution in [0.4, 0.5) is 0 Å². The second-order valence-electron chi connectivity index (χ2n) is 8.92. The van der Waals surface area contributed by atoms with Crippen LogP contribution in [0.1, 0.15) is 16.7 Å². The van der Waals surface area contributed by atoms with E-state index in [2.05, 4.69) is 9.88 Å². The molecule has 0 aliphatic carbocycles. The van der Waals surface area contributed by atoms with Gasteiger partial charge in [0.15, 0.2) is 18.9 Å². The van der Waals surface area contributed by atoms with Crippen LogP contribution < -0.4 is 9.88 Å². The second kappa shape index (κ2) is 10.8. The highest BCUT2D eigenvalue weighted by Gasteiger charge is 2.53. The molecule has 2 unspecified atom stereocenters. The van der Waals surface area contributed by atoms with Gasteiger partial charge >= 0.3 is 5.97 Å². The number of pyridine rings is 1. The number of allylic oxidation sites excluding steroid dienone is 1. The zero-order chi connectivity index (χ0) is 25.8. The molecular formula is C29H26N3O4S+. The normalized spacial score (nSPS) is 18.9. The van der Waals surface area contributed by atoms with Crippen molar-refractivity contribution in [3.05, 3.63) is 119 Å². The van der Waals surface area contributed by atoms with Gasteiger partial charge in [0, 0.05) is 23.4 Å². The average Bonchev–Trinajstić information content (AvgIpc) is 2.92. The maximum Gasteiger partial charge on any atom is 0.352 e. The van der Waals surface area contributed by atoms with Crippen molar-refractivity contribution >= 4 is 35.6 Å². The summed E-state index contributed by atoms with van der Waals surface area (Å²) in [5, 5.41) is 12.3. The Bertz CT molecular complexity index is 1370. The number of carboxylic acids is 1. The number of hydrogen-bond acceptors (Lipinski definition) is 4. The number of benzene rings is 2. The molecule has 1 saturated heterocycles. The predicted octanol–water partition coefficient (Wildman–Crippen LogP) is 3.02. The number of carbonyl (C=O) groups excluding carboxylic acids is 2. The number of β-lactam (4-membered cyclic amide) rings is 1. The predicted molar refractivity (Wildman–Crippen MR) is 141 cm³/mol. The Balaban J connectivity index is 1.25. The summed E-state index contributed by atoms with van der Waals surface area (Å²) in [5.41, 5.74) is 3.50. The van der Waals surface area contributed by atoms with Gasteiger partial charge in [-0.15, -0.1) is 11.8 Å². The molecule has 2 atom stereocenters. The number of rotatable bonds is 8. The van der Waals surface area contributed by atoms with Gasteiger partial charge in [-0.1, -0.05) is 72.8 Å². The first-order chi connectivity index (χ1) is 18.0. The van der Waals surface area contributed by atoms with Gasteiger partial charge in [0.05, 0.1) is 6.42 Å². The molecule has 5 rings (SSSR count). The molecule has 37 heavy (non-hydrogen) atoms. The first kappa shape index (κ1) is 24.5. The summed E-state index contributed by atoms with van der Waals surface area (Å²) in [4.78, 5) is 38.8. The first-order valence-electron chi connectivity index (χ1n) is 11.9. The molecule has 2 aromatic carbocycles. The third-order valence-corrected chi connectivity index (χ3v) is 7.63. The van der Waals surface area contributed by atoms with E-state index in [4.69, 9.17) is 0 Å². The fourth-order valence-electron chi connectivity index (χ4n) is 4.46. The molecule has 1 aromatic heterocycles. The summed E-state index contributed by atoms with van der Waals surface area (Å²) in [6.07, 6.45) is 7.82. The molecule has 8 heteroatoms. The molecule has 0 radical (unpaired) electrons. The Morgan fingerprint density at radius 2 is 1.68 bits per heavy atom. The summed E-state index contributed by atoms with van der Waals surface area (Å²) in [6.45, 7) is 0.761. The number of carbonyl (C=O) groups is 3. The van der Waals surface area contributed by atoms with Crippen molar-refractivity contribution in [2.24, 2.45) is 0 Å². The van der Waals surface area contributed by atoms with E-state index in [0.717, 1.165) is 23.2 Å². The third kappa shape index (κ3) is 5.49. The van der Waals surface area contributed by atoms with Crippen molar-refractivity contribution in [2.45, 2.75) is 24.4 Å². The number of amides is 2. The Kier molecular flexibility index (Phi) is 7.18. The van der Waals surface area contributed by atoms with Crippen LogP contribution in [-0.4, -0.2) is 45.0 Å². The van der Waals surface area contributed by atoms with Crippen molar-refractivity contribution in [3.63, 3.8) is 0 Å². The quantitative estimate of drug-likeness (QED) is 0.358. The molecule has 0 spiro atoms. The van der Waals surface area contributed by atoms with Crippen LogP contribution in [0.5, 0.6) is 0 Å². The standard InChI is InChI=1S/C29H25N3O4S/c33-24(17-21-7-3-1-4-8-21)30-25-27(34)32-26(29(35)36)23(19-37-28(25)32)14-13-20-9-11-22(12-10-20)18-31-15-5-2-6-16-31/h1-16,25,28H,17-19H2,(H-,30,33,35,36)/p+1. The van der Waals surface area contributed by atoms with Crippen molar-refractivity contribution in [3.8, 4) is 0 Å². The summed E-state index contributed by atoms with van der Waals surface area (Å²) >= 11 is 1.46. The molecule has 1 fully saturated rings. The molecule has 3 heterocycles. The third-order valence-electron chi connectivity index (χ3n) is 6.32. The van der Waals surface area contributed by atoms with Crippen LogP contribution in [0.25, 0.3) is 6.08 Å². The van der Waals surface area contributed by atoms with Gasteiger partial charge < -0.3 is 10.4 Å². The van der Waals surface area contributed by atoms with Crippen LogP contribution in [0.2, 0.25) is 0 Å². The molecule has 2 aliphatic heterocycles. The van der Waals surface area contributed by atoms with Crippen LogP contribution in [0.3, 0.4) is 0 Å². The van der Waals surface area contributed by atoms with E-state index >= 15 is 0 Å². The van der Waals surface area contributed by atoms with E-state index in [1.807, 2.05) is 91.3 Å². The summed E-state index contributed by atoms with van der Waals surface area (Å²) < 4.78 is 2.09. The Morgan fingerprint density at radius 3 is 2.38 bits per heavy atom. The zero-order valence-electron chi connectivity index (χ0n) is 20.0. The lowest BCUT2D eigenvalue weighted by Crippen LogP contribution is -2.70. The van der Waals surface area contributed by atoms with Crippen LogP contribution in [0.15, 0.2) is 103 Å². The van der Waals surface area contributed by atoms with E-state index in [-0.39, 0.29) is 18.0 Å². The lowest BCUT2D eigenvalue weighted by molar-refractivity contribution is -0.688. The number of aliphatic carboxylic acids is 1. The van der Waals surface area contributed by atoms with E-state index in [1.165, 1.54) is 16.7 Å². The van der Waals surface area contributed by atoms with Gasteiger partial charge in [0.2, 0.25) is 5.91 Å². The average molecular weight is 513 g/mol. The Hall–Kier alpha value is -4.17. The van der Waals surface area contributed by atoms with E-state index in [9.17, 15) is 19.5 Å². The Morgan fingerprint density at radius 1 is 0.973 bits per heavy atom. The number of nitrogens with one attached hydrogen (secondary N) is 1. The topological polar surface area (TPSA) is 90.6 Å². The molecule has 2 aliphatic rings. The fourth-order valence-corrected chi connectivity index (χ4v) is 5.78. The lowest BCUT2D eigenvalue weighted by atomic mass is 10.0. The zero-order valence-corrected chi connectivity index (χ0v) is 20.8. The first-order valence-corrected chi connectivity index (χ1v) is 13.0. The molecule has 2 N–H and O–H groups in total. The molecule has 7 nitrogen and oxygen atoms in total. The number of hydrogen-bond donors (Lipinski definition) is 2. The smallest absolute Gasteiger partial charge is 0.352 e. The lowest BCUT2D eigenvalue weighted by Gasteiger charge is -2.49. The minimum atomic E-state index is -1.15. The summed E-state index contributed by atoms with van der Waals surface area (Å²) in [6, 6.07) is 22.6. The maximum atomic E-state index is 12.9. The van der Waals surface area contributed by atoms with Crippen molar-refractivity contribution in [1.29, 1.82) is 0 Å². The van der Waals surface area contributed by atoms with Gasteiger partial charge in [0.1, 0.15) is 17.1 Å². The highest BCUT2D eigenvalue weighted by Crippen LogP contribution is 2.40. The van der Waals surface area contributed by atoms with E-state index < -0.39 is 23.3 Å². The molecule has 2 amide bonds. The van der Waals surface area contributed by atoms with Crippen molar-refractivity contribution in [1.82, 2.24) is 10.2 Å². The fraction of sp³-hybridized carbons (Fsp3) is 0.172. The highest BCUT2D eigenvalue weighted by atomic mass is 32.2. The van der Waals surface area contributed by atoms with Gasteiger partial charge in [-0.3, -0.25) is 14.5 Å². The summed E-state index contributed by atoms with van der Waals surface area (Å²) in [7, 11) is 0. The monoisotopic (exact) mass is 512 g/mol. The number of thioether (sulfide) groups is 1. The van der Waals surface area contributed by atoms with Gasteiger partial charge in [-0.25, -0.2) is 9.36 Å². The van der Waals surface area contributed by atoms with Gasteiger partial charge in [0.25, 0.3) is 5.91 Å². The maximum absolute atomic E-state index is 12.9. The van der Waals surface area contributed by atoms with E-state index in [1.54, 1.807) is 6.08 Å². The second-order valence-corrected chi connectivity index (χ2v) is 10.0. The van der Waals surface area contributed by atoms with E-state index in [0.29, 0.717) is 11.3 Å². The van der Waals surface area contributed by atoms with Crippen LogP contribution in [0, 0.1) is 0 Å². The highest BCUT2D eigenvalue weighted by molar-refractivity contribution is 8.00. The van der Waals surface area contributed by atoms with Gasteiger partial charge in [-0.05, 0) is 16.7 Å². The summed E-state index contributed by atoms with van der Waals surface area (Å²) in [5.74, 6) is -1.38. The number of nitrogens with zero attached hydrogens (tertiary/aromatic N) is 2. The van der Waals surface area contributed by atoms with Crippen LogP contribution in [-0.2, 0) is 27.3 Å². The molecular weight excluding hydrogens is 486 g/mol. The van der Waals surface area contributed by atoms with Crippen LogP contribution >= 0.6 is 11.8 Å². The minimum absolute atomic E-state index is 0.0179. The molecule has 3 aromatic rings. The molecule has 186 valence electrons. The molecule has 0 bridgehead atoms.